The van der Waals surface area contributed by atoms with Crippen molar-refractivity contribution in [2.24, 2.45) is 0 Å². The van der Waals surface area contributed by atoms with Gasteiger partial charge in [0.25, 0.3) is 5.91 Å². The number of para-hydroxylation sites is 1. The van der Waals surface area contributed by atoms with Crippen LogP contribution in [0.2, 0.25) is 0 Å². The SMILES string of the molecule is CN(Cc1cn(-c2ccccc2)nc1-c1ccccc1)C(=O)c1ccc(-n2cnnn2)cc1. The maximum atomic E-state index is 13.1. The van der Waals surface area contributed by atoms with Gasteiger partial charge in [0.1, 0.15) is 6.33 Å². The monoisotopic (exact) mass is 435 g/mol. The molecule has 0 saturated heterocycles. The molecule has 0 aliphatic carbocycles. The highest BCUT2D eigenvalue weighted by atomic mass is 16.2. The van der Waals surface area contributed by atoms with E-state index in [1.54, 1.807) is 28.8 Å². The molecule has 0 saturated carbocycles. The molecule has 5 rings (SSSR count). The van der Waals surface area contributed by atoms with E-state index in [-0.39, 0.29) is 5.91 Å². The van der Waals surface area contributed by atoms with Crippen molar-refractivity contribution >= 4 is 5.91 Å². The summed E-state index contributed by atoms with van der Waals surface area (Å²) in [6.07, 6.45) is 3.50. The molecule has 8 nitrogen and oxygen atoms in total. The summed E-state index contributed by atoms with van der Waals surface area (Å²) in [5.74, 6) is -0.0789. The van der Waals surface area contributed by atoms with Gasteiger partial charge in [-0.2, -0.15) is 5.10 Å². The zero-order valence-electron chi connectivity index (χ0n) is 18.0. The smallest absolute Gasteiger partial charge is 0.253 e. The van der Waals surface area contributed by atoms with Crippen molar-refractivity contribution in [1.82, 2.24) is 34.9 Å². The lowest BCUT2D eigenvalue weighted by atomic mass is 10.1. The maximum Gasteiger partial charge on any atom is 0.253 e. The van der Waals surface area contributed by atoms with Crippen LogP contribution in [-0.4, -0.2) is 47.8 Å². The van der Waals surface area contributed by atoms with Crippen LogP contribution < -0.4 is 0 Å². The second-order valence-corrected chi connectivity index (χ2v) is 7.61. The van der Waals surface area contributed by atoms with Crippen molar-refractivity contribution in [3.63, 3.8) is 0 Å². The van der Waals surface area contributed by atoms with E-state index in [1.807, 2.05) is 83.7 Å². The number of carbonyl (C=O) groups is 1. The number of aromatic nitrogens is 6. The molecule has 0 spiro atoms. The van der Waals surface area contributed by atoms with Crippen LogP contribution in [0, 0.1) is 0 Å². The van der Waals surface area contributed by atoms with E-state index in [0.717, 1.165) is 28.2 Å². The van der Waals surface area contributed by atoms with E-state index in [2.05, 4.69) is 15.5 Å². The lowest BCUT2D eigenvalue weighted by Gasteiger charge is -2.17. The molecule has 162 valence electrons. The summed E-state index contributed by atoms with van der Waals surface area (Å²) in [6, 6.07) is 27.2. The minimum Gasteiger partial charge on any atom is -0.337 e. The Morgan fingerprint density at radius 2 is 1.52 bits per heavy atom. The Labute approximate surface area is 190 Å². The van der Waals surface area contributed by atoms with Crippen LogP contribution in [0.25, 0.3) is 22.6 Å². The molecule has 3 aromatic carbocycles. The minimum atomic E-state index is -0.0789. The Morgan fingerprint density at radius 3 is 2.18 bits per heavy atom. The molecule has 0 aliphatic rings. The molecule has 2 heterocycles. The summed E-state index contributed by atoms with van der Waals surface area (Å²) in [4.78, 5) is 14.8. The Morgan fingerprint density at radius 1 is 0.848 bits per heavy atom. The van der Waals surface area contributed by atoms with E-state index in [9.17, 15) is 4.79 Å². The molecular formula is C25H21N7O. The second kappa shape index (κ2) is 8.88. The first kappa shape index (κ1) is 20.3. The predicted octanol–water partition coefficient (Wildman–Crippen LogP) is 3.79. The van der Waals surface area contributed by atoms with E-state index >= 15 is 0 Å². The molecule has 1 amide bonds. The first-order valence-electron chi connectivity index (χ1n) is 10.5. The second-order valence-electron chi connectivity index (χ2n) is 7.61. The summed E-state index contributed by atoms with van der Waals surface area (Å²) in [6.45, 7) is 0.421. The van der Waals surface area contributed by atoms with Gasteiger partial charge in [0, 0.05) is 36.5 Å². The normalized spacial score (nSPS) is 10.8. The molecule has 0 atom stereocenters. The lowest BCUT2D eigenvalue weighted by molar-refractivity contribution is 0.0785. The summed E-state index contributed by atoms with van der Waals surface area (Å²) >= 11 is 0. The zero-order chi connectivity index (χ0) is 22.6. The van der Waals surface area contributed by atoms with Crippen molar-refractivity contribution in [3.05, 3.63) is 109 Å². The summed E-state index contributed by atoms with van der Waals surface area (Å²) in [5, 5.41) is 16.0. The van der Waals surface area contributed by atoms with Crippen LogP contribution in [0.4, 0.5) is 0 Å². The van der Waals surface area contributed by atoms with E-state index in [0.29, 0.717) is 12.1 Å². The molecule has 0 bridgehead atoms. The molecular weight excluding hydrogens is 414 g/mol. The van der Waals surface area contributed by atoms with E-state index in [1.165, 1.54) is 6.33 Å². The third kappa shape index (κ3) is 4.27. The number of carbonyl (C=O) groups excluding carboxylic acids is 1. The molecule has 0 N–H and O–H groups in total. The Balaban J connectivity index is 1.42. The highest BCUT2D eigenvalue weighted by Gasteiger charge is 2.18. The first-order valence-corrected chi connectivity index (χ1v) is 10.5. The molecule has 0 aliphatic heterocycles. The molecule has 0 radical (unpaired) electrons. The maximum absolute atomic E-state index is 13.1. The van der Waals surface area contributed by atoms with Crippen molar-refractivity contribution in [2.45, 2.75) is 6.54 Å². The van der Waals surface area contributed by atoms with E-state index < -0.39 is 0 Å². The number of amides is 1. The van der Waals surface area contributed by atoms with Crippen LogP contribution in [0.3, 0.4) is 0 Å². The number of nitrogens with zero attached hydrogens (tertiary/aromatic N) is 7. The zero-order valence-corrected chi connectivity index (χ0v) is 18.0. The topological polar surface area (TPSA) is 81.7 Å². The third-order valence-electron chi connectivity index (χ3n) is 5.34. The molecule has 0 fully saturated rings. The van der Waals surface area contributed by atoms with Gasteiger partial charge < -0.3 is 4.90 Å². The molecule has 2 aromatic heterocycles. The number of benzene rings is 3. The van der Waals surface area contributed by atoms with Gasteiger partial charge in [-0.05, 0) is 46.8 Å². The Kier molecular flexibility index (Phi) is 5.47. The number of rotatable bonds is 6. The van der Waals surface area contributed by atoms with Crippen LogP contribution in [0.15, 0.2) is 97.5 Å². The summed E-state index contributed by atoms with van der Waals surface area (Å²) in [5.41, 5.74) is 5.17. The van der Waals surface area contributed by atoms with Crippen molar-refractivity contribution < 1.29 is 4.79 Å². The fourth-order valence-electron chi connectivity index (χ4n) is 3.66. The average Bonchev–Trinajstić information content (AvgIpc) is 3.56. The van der Waals surface area contributed by atoms with Crippen LogP contribution in [-0.2, 0) is 6.54 Å². The van der Waals surface area contributed by atoms with Gasteiger partial charge in [-0.25, -0.2) is 9.36 Å². The quantitative estimate of drug-likeness (QED) is 0.405. The standard InChI is InChI=1S/C25H21N7O/c1-30(25(33)20-12-14-23(15-13-20)32-18-26-28-29-32)16-21-17-31(22-10-6-3-7-11-22)27-24(21)19-8-4-2-5-9-19/h2-15,17-18H,16H2,1H3. The van der Waals surface area contributed by atoms with Crippen molar-refractivity contribution in [3.8, 4) is 22.6 Å². The number of tetrazole rings is 1. The highest BCUT2D eigenvalue weighted by molar-refractivity contribution is 5.94. The first-order chi connectivity index (χ1) is 16.2. The van der Waals surface area contributed by atoms with E-state index in [4.69, 9.17) is 5.10 Å². The van der Waals surface area contributed by atoms with Gasteiger partial charge >= 0.3 is 0 Å². The Bertz CT molecular complexity index is 1350. The molecule has 8 heteroatoms. The van der Waals surface area contributed by atoms with Crippen LogP contribution >= 0.6 is 0 Å². The van der Waals surface area contributed by atoms with Gasteiger partial charge in [0.2, 0.25) is 0 Å². The van der Waals surface area contributed by atoms with Crippen molar-refractivity contribution in [1.29, 1.82) is 0 Å². The number of hydrogen-bond donors (Lipinski definition) is 0. The van der Waals surface area contributed by atoms with Gasteiger partial charge in [0.15, 0.2) is 0 Å². The summed E-state index contributed by atoms with van der Waals surface area (Å²) in [7, 11) is 1.80. The molecule has 5 aromatic rings. The largest absolute Gasteiger partial charge is 0.337 e. The third-order valence-corrected chi connectivity index (χ3v) is 5.34. The van der Waals surface area contributed by atoms with Gasteiger partial charge in [-0.15, -0.1) is 5.10 Å². The fraction of sp³-hybridized carbons (Fsp3) is 0.0800. The summed E-state index contributed by atoms with van der Waals surface area (Å²) < 4.78 is 3.40. The lowest BCUT2D eigenvalue weighted by Crippen LogP contribution is -2.26. The molecule has 33 heavy (non-hydrogen) atoms. The predicted molar refractivity (Wildman–Crippen MR) is 124 cm³/mol. The van der Waals surface area contributed by atoms with Gasteiger partial charge in [-0.1, -0.05) is 48.5 Å². The van der Waals surface area contributed by atoms with Gasteiger partial charge in [-0.3, -0.25) is 4.79 Å². The van der Waals surface area contributed by atoms with Crippen molar-refractivity contribution in [2.75, 3.05) is 7.05 Å². The average molecular weight is 435 g/mol. The van der Waals surface area contributed by atoms with Crippen LogP contribution in [0.1, 0.15) is 15.9 Å². The molecule has 0 unspecified atom stereocenters. The Hall–Kier alpha value is -4.59. The number of hydrogen-bond acceptors (Lipinski definition) is 5. The minimum absolute atomic E-state index is 0.0789. The van der Waals surface area contributed by atoms with Gasteiger partial charge in [0.05, 0.1) is 17.1 Å². The highest BCUT2D eigenvalue weighted by Crippen LogP contribution is 2.25. The fourth-order valence-corrected chi connectivity index (χ4v) is 3.66. The van der Waals surface area contributed by atoms with Crippen LogP contribution in [0.5, 0.6) is 0 Å².